The first-order chi connectivity index (χ1) is 16.6. The molecule has 1 saturated heterocycles. The Hall–Kier alpha value is -3.10. The maximum atomic E-state index is 13.0. The normalized spacial score (nSPS) is 17.3. The molecule has 0 unspecified atom stereocenters. The number of hydrogen-bond donors (Lipinski definition) is 1. The van der Waals surface area contributed by atoms with Gasteiger partial charge in [0.15, 0.2) is 5.13 Å². The number of carbonyl (C=O) groups is 3. The van der Waals surface area contributed by atoms with E-state index in [2.05, 4.69) is 34.3 Å². The number of piperidine rings is 1. The van der Waals surface area contributed by atoms with E-state index in [1.54, 1.807) is 12.1 Å². The van der Waals surface area contributed by atoms with Crippen molar-refractivity contribution in [2.24, 2.45) is 5.92 Å². The Balaban J connectivity index is 1.31. The van der Waals surface area contributed by atoms with Gasteiger partial charge >= 0.3 is 0 Å². The number of benzene rings is 2. The number of hydrogen-bond acceptors (Lipinski definition) is 6. The third kappa shape index (κ3) is 4.60. The predicted octanol–water partition coefficient (Wildman–Crippen LogP) is 5.18. The molecule has 2 aromatic carbocycles. The molecule has 3 heterocycles. The average molecular weight is 491 g/mol. The number of nitrogens with one attached hydrogen (secondary N) is 1. The van der Waals surface area contributed by atoms with Gasteiger partial charge < -0.3 is 0 Å². The van der Waals surface area contributed by atoms with E-state index in [0.717, 1.165) is 35.8 Å². The topological polar surface area (TPSA) is 82.6 Å². The first kappa shape index (κ1) is 23.6. The SMILES string of the molecule is CC1CCN(Cc2ccc3nc(NC(=O)c4ccc5c(c4)C(=O)N(C(C)(C)C)C5=O)sc3c2)CC1. The number of carbonyl (C=O) groups excluding carboxylic acids is 3. The molecule has 1 fully saturated rings. The van der Waals surface area contributed by atoms with E-state index in [4.69, 9.17) is 0 Å². The quantitative estimate of drug-likeness (QED) is 0.510. The summed E-state index contributed by atoms with van der Waals surface area (Å²) in [6.45, 7) is 10.9. The summed E-state index contributed by atoms with van der Waals surface area (Å²) in [5, 5.41) is 3.37. The molecule has 8 heteroatoms. The number of nitrogens with zero attached hydrogens (tertiary/aromatic N) is 3. The summed E-state index contributed by atoms with van der Waals surface area (Å²) in [5.74, 6) is -0.250. The summed E-state index contributed by atoms with van der Waals surface area (Å²) in [7, 11) is 0. The number of aromatic nitrogens is 1. The molecule has 0 atom stereocenters. The number of thiazole rings is 1. The van der Waals surface area contributed by atoms with Crippen molar-refractivity contribution in [3.8, 4) is 0 Å². The molecule has 0 saturated carbocycles. The minimum absolute atomic E-state index is 0.263. The lowest BCUT2D eigenvalue weighted by Crippen LogP contribution is -2.45. The van der Waals surface area contributed by atoms with Crippen LogP contribution in [0, 0.1) is 5.92 Å². The van der Waals surface area contributed by atoms with Gasteiger partial charge in [-0.05, 0) is 88.5 Å². The van der Waals surface area contributed by atoms with Gasteiger partial charge in [-0.2, -0.15) is 0 Å². The summed E-state index contributed by atoms with van der Waals surface area (Å²) >= 11 is 1.44. The molecule has 2 aliphatic heterocycles. The van der Waals surface area contributed by atoms with Gasteiger partial charge in [-0.1, -0.05) is 24.3 Å². The first-order valence-corrected chi connectivity index (χ1v) is 12.9. The van der Waals surface area contributed by atoms with Crippen molar-refractivity contribution < 1.29 is 14.4 Å². The van der Waals surface area contributed by atoms with Crippen LogP contribution in [-0.4, -0.2) is 51.1 Å². The summed E-state index contributed by atoms with van der Waals surface area (Å²) in [6, 6.07) is 10.9. The lowest BCUT2D eigenvalue weighted by molar-refractivity contribution is 0.0507. The number of anilines is 1. The summed E-state index contributed by atoms with van der Waals surface area (Å²) in [5.41, 5.74) is 2.37. The highest BCUT2D eigenvalue weighted by Gasteiger charge is 2.42. The standard InChI is InChI=1S/C27H30N4O3S/c1-16-9-11-30(12-10-16)15-17-5-8-21-22(13-17)35-26(28-21)29-23(32)18-6-7-19-20(14-18)25(34)31(24(19)33)27(2,3)4/h5-8,13-14,16H,9-12,15H2,1-4H3,(H,28,29,32). The molecule has 2 aliphatic rings. The second kappa shape index (κ2) is 8.84. The van der Waals surface area contributed by atoms with Gasteiger partial charge in [-0.15, -0.1) is 0 Å². The van der Waals surface area contributed by atoms with Gasteiger partial charge in [0.05, 0.1) is 21.3 Å². The van der Waals surface area contributed by atoms with Gasteiger partial charge in [0.1, 0.15) is 0 Å². The van der Waals surface area contributed by atoms with Crippen LogP contribution in [0.2, 0.25) is 0 Å². The number of imide groups is 1. The summed E-state index contributed by atoms with van der Waals surface area (Å²) in [6.07, 6.45) is 2.49. The maximum absolute atomic E-state index is 13.0. The van der Waals surface area contributed by atoms with Crippen LogP contribution in [0.5, 0.6) is 0 Å². The van der Waals surface area contributed by atoms with E-state index in [1.165, 1.54) is 40.7 Å². The Morgan fingerprint density at radius 1 is 1.06 bits per heavy atom. The minimum atomic E-state index is -0.637. The summed E-state index contributed by atoms with van der Waals surface area (Å²) < 4.78 is 1.03. The highest BCUT2D eigenvalue weighted by Crippen LogP contribution is 2.31. The zero-order valence-corrected chi connectivity index (χ0v) is 21.4. The molecule has 0 spiro atoms. The van der Waals surface area contributed by atoms with Crippen LogP contribution < -0.4 is 5.32 Å². The number of likely N-dealkylation sites (tertiary alicyclic amines) is 1. The van der Waals surface area contributed by atoms with Crippen molar-refractivity contribution in [2.45, 2.75) is 52.6 Å². The zero-order valence-electron chi connectivity index (χ0n) is 20.6. The van der Waals surface area contributed by atoms with Crippen LogP contribution in [0.4, 0.5) is 5.13 Å². The molecular weight excluding hydrogens is 460 g/mol. The van der Waals surface area contributed by atoms with Crippen LogP contribution in [0.25, 0.3) is 10.2 Å². The molecule has 3 amide bonds. The maximum Gasteiger partial charge on any atom is 0.262 e. The van der Waals surface area contributed by atoms with E-state index < -0.39 is 5.54 Å². The van der Waals surface area contributed by atoms with Crippen molar-refractivity contribution in [3.63, 3.8) is 0 Å². The van der Waals surface area contributed by atoms with Crippen LogP contribution in [0.15, 0.2) is 36.4 Å². The van der Waals surface area contributed by atoms with E-state index in [0.29, 0.717) is 16.3 Å². The lowest BCUT2D eigenvalue weighted by atomic mass is 9.99. The molecule has 1 N–H and O–H groups in total. The van der Waals surface area contributed by atoms with Crippen LogP contribution >= 0.6 is 11.3 Å². The molecule has 3 aromatic rings. The number of rotatable bonds is 4. The first-order valence-electron chi connectivity index (χ1n) is 12.1. The van der Waals surface area contributed by atoms with Crippen LogP contribution in [0.1, 0.15) is 77.2 Å². The van der Waals surface area contributed by atoms with Gasteiger partial charge in [-0.3, -0.25) is 29.5 Å². The van der Waals surface area contributed by atoms with Gasteiger partial charge in [0, 0.05) is 17.6 Å². The zero-order chi connectivity index (χ0) is 24.9. The second-order valence-corrected chi connectivity index (χ2v) is 11.6. The predicted molar refractivity (Wildman–Crippen MR) is 138 cm³/mol. The molecule has 35 heavy (non-hydrogen) atoms. The molecule has 0 radical (unpaired) electrons. The minimum Gasteiger partial charge on any atom is -0.299 e. The monoisotopic (exact) mass is 490 g/mol. The Bertz CT molecular complexity index is 1330. The summed E-state index contributed by atoms with van der Waals surface area (Å²) in [4.78, 5) is 46.8. The molecular formula is C27H30N4O3S. The van der Waals surface area contributed by atoms with E-state index in [9.17, 15) is 14.4 Å². The highest BCUT2D eigenvalue weighted by molar-refractivity contribution is 7.22. The molecule has 7 nitrogen and oxygen atoms in total. The Kier molecular flexibility index (Phi) is 5.97. The van der Waals surface area contributed by atoms with Gasteiger partial charge in [0.2, 0.25) is 0 Å². The Labute approximate surface area is 209 Å². The van der Waals surface area contributed by atoms with E-state index >= 15 is 0 Å². The van der Waals surface area contributed by atoms with Crippen molar-refractivity contribution in [1.29, 1.82) is 0 Å². The van der Waals surface area contributed by atoms with Gasteiger partial charge in [-0.25, -0.2) is 4.98 Å². The molecule has 0 aliphatic carbocycles. The fourth-order valence-corrected chi connectivity index (χ4v) is 5.68. The van der Waals surface area contributed by atoms with E-state index in [-0.39, 0.29) is 23.3 Å². The van der Waals surface area contributed by atoms with Gasteiger partial charge in [0.25, 0.3) is 17.7 Å². The molecule has 0 bridgehead atoms. The van der Waals surface area contributed by atoms with Crippen molar-refractivity contribution in [2.75, 3.05) is 18.4 Å². The Morgan fingerprint density at radius 2 is 1.77 bits per heavy atom. The second-order valence-electron chi connectivity index (χ2n) is 10.6. The molecule has 1 aromatic heterocycles. The van der Waals surface area contributed by atoms with Crippen molar-refractivity contribution >= 4 is 44.4 Å². The molecule has 182 valence electrons. The third-order valence-corrected chi connectivity index (χ3v) is 7.71. The third-order valence-electron chi connectivity index (χ3n) is 6.78. The van der Waals surface area contributed by atoms with E-state index in [1.807, 2.05) is 26.8 Å². The average Bonchev–Trinajstić information content (AvgIpc) is 3.31. The fraction of sp³-hybridized carbons (Fsp3) is 0.407. The molecule has 5 rings (SSSR count). The van der Waals surface area contributed by atoms with Crippen molar-refractivity contribution in [1.82, 2.24) is 14.8 Å². The fourth-order valence-electron chi connectivity index (χ4n) is 4.76. The highest BCUT2D eigenvalue weighted by atomic mass is 32.1. The smallest absolute Gasteiger partial charge is 0.262 e. The van der Waals surface area contributed by atoms with Crippen LogP contribution in [0.3, 0.4) is 0 Å². The lowest BCUT2D eigenvalue weighted by Gasteiger charge is -2.30. The largest absolute Gasteiger partial charge is 0.299 e. The number of amides is 3. The van der Waals surface area contributed by atoms with Crippen LogP contribution in [-0.2, 0) is 6.54 Å². The Morgan fingerprint density at radius 3 is 2.49 bits per heavy atom. The number of fused-ring (bicyclic) bond motifs is 2. The van der Waals surface area contributed by atoms with Crippen molar-refractivity contribution in [3.05, 3.63) is 58.7 Å².